The molecule has 0 radical (unpaired) electrons. The second-order valence-corrected chi connectivity index (χ2v) is 10.1. The first-order valence-corrected chi connectivity index (χ1v) is 12.5. The molecule has 1 N–H and O–H groups in total. The fourth-order valence-electron chi connectivity index (χ4n) is 3.57. The van der Waals surface area contributed by atoms with Gasteiger partial charge in [0, 0.05) is 5.56 Å². The van der Waals surface area contributed by atoms with Crippen LogP contribution in [0.25, 0.3) is 0 Å². The van der Waals surface area contributed by atoms with Gasteiger partial charge in [0.25, 0.3) is 5.91 Å². The first-order valence-electron chi connectivity index (χ1n) is 10.7. The number of carbonyl (C=O) groups excluding carboxylic acids is 1. The molecule has 5 nitrogen and oxygen atoms in total. The molecule has 0 aliphatic carbocycles. The quantitative estimate of drug-likeness (QED) is 0.516. The van der Waals surface area contributed by atoms with Crippen LogP contribution in [0, 0.1) is 13.8 Å². The molecular weight excluding hydrogens is 420 g/mol. The van der Waals surface area contributed by atoms with E-state index in [-0.39, 0.29) is 18.5 Å². The molecular formula is C26H30N2O3S. The molecule has 1 unspecified atom stereocenters. The van der Waals surface area contributed by atoms with Gasteiger partial charge in [-0.05, 0) is 61.2 Å². The molecule has 0 bridgehead atoms. The van der Waals surface area contributed by atoms with E-state index in [1.165, 1.54) is 16.1 Å². The van der Waals surface area contributed by atoms with Gasteiger partial charge in [-0.2, -0.15) is 0 Å². The minimum Gasteiger partial charge on any atom is -0.345 e. The zero-order valence-electron chi connectivity index (χ0n) is 19.0. The summed E-state index contributed by atoms with van der Waals surface area (Å²) >= 11 is 0. The Morgan fingerprint density at radius 3 is 2.16 bits per heavy atom. The van der Waals surface area contributed by atoms with E-state index in [0.717, 1.165) is 23.1 Å². The summed E-state index contributed by atoms with van der Waals surface area (Å²) in [5.74, 6) is -0.150. The van der Waals surface area contributed by atoms with E-state index >= 15 is 0 Å². The number of nitrogens with one attached hydrogen (secondary N) is 1. The summed E-state index contributed by atoms with van der Waals surface area (Å²) in [4.78, 5) is 12.8. The van der Waals surface area contributed by atoms with Crippen LogP contribution < -0.4 is 9.62 Å². The maximum atomic E-state index is 12.8. The van der Waals surface area contributed by atoms with E-state index in [2.05, 4.69) is 5.32 Å². The van der Waals surface area contributed by atoms with Crippen molar-refractivity contribution in [1.29, 1.82) is 0 Å². The fourth-order valence-corrected chi connectivity index (χ4v) is 4.45. The summed E-state index contributed by atoms with van der Waals surface area (Å²) < 4.78 is 26.2. The van der Waals surface area contributed by atoms with Gasteiger partial charge in [0.1, 0.15) is 0 Å². The molecule has 3 aromatic rings. The van der Waals surface area contributed by atoms with Crippen molar-refractivity contribution in [2.24, 2.45) is 0 Å². The van der Waals surface area contributed by atoms with Crippen LogP contribution >= 0.6 is 0 Å². The molecule has 3 aromatic carbocycles. The molecule has 3 rings (SSSR count). The Kier molecular flexibility index (Phi) is 7.36. The third-order valence-corrected chi connectivity index (χ3v) is 6.57. The molecule has 0 aliphatic rings. The summed E-state index contributed by atoms with van der Waals surface area (Å²) in [5, 5.41) is 3.09. The van der Waals surface area contributed by atoms with Gasteiger partial charge in [0.05, 0.1) is 24.5 Å². The average molecular weight is 451 g/mol. The molecule has 0 saturated heterocycles. The van der Waals surface area contributed by atoms with Crippen LogP contribution in [0.15, 0.2) is 72.8 Å². The van der Waals surface area contributed by atoms with Crippen molar-refractivity contribution in [2.45, 2.75) is 39.8 Å². The Bertz CT molecular complexity index is 1170. The SMILES string of the molecule is CCC(NC(=O)c1ccc(CN(c2cccc(C)c2)S(C)(=O)=O)cc1)c1ccc(C)cc1. The van der Waals surface area contributed by atoms with Crippen LogP contribution in [0.2, 0.25) is 0 Å². The Morgan fingerprint density at radius 2 is 1.59 bits per heavy atom. The Labute approximate surface area is 191 Å². The largest absolute Gasteiger partial charge is 0.345 e. The third-order valence-electron chi connectivity index (χ3n) is 5.43. The number of nitrogens with zero attached hydrogens (tertiary/aromatic N) is 1. The number of carbonyl (C=O) groups is 1. The predicted molar refractivity (Wildman–Crippen MR) is 130 cm³/mol. The van der Waals surface area contributed by atoms with Crippen molar-refractivity contribution in [3.8, 4) is 0 Å². The van der Waals surface area contributed by atoms with Crippen molar-refractivity contribution in [3.05, 3.63) is 101 Å². The summed E-state index contributed by atoms with van der Waals surface area (Å²) in [6, 6.07) is 22.6. The first kappa shape index (κ1) is 23.5. The average Bonchev–Trinajstić information content (AvgIpc) is 2.76. The molecule has 0 heterocycles. The van der Waals surface area contributed by atoms with Crippen LogP contribution in [0.1, 0.15) is 52.0 Å². The number of benzene rings is 3. The van der Waals surface area contributed by atoms with Gasteiger partial charge in [-0.1, -0.05) is 61.0 Å². The van der Waals surface area contributed by atoms with Crippen LogP contribution in [-0.4, -0.2) is 20.6 Å². The molecule has 168 valence electrons. The molecule has 32 heavy (non-hydrogen) atoms. The second-order valence-electron chi connectivity index (χ2n) is 8.15. The summed E-state index contributed by atoms with van der Waals surface area (Å²) in [7, 11) is -3.46. The predicted octanol–water partition coefficient (Wildman–Crippen LogP) is 5.15. The molecule has 0 saturated carbocycles. The van der Waals surface area contributed by atoms with Crippen LogP contribution in [0.4, 0.5) is 5.69 Å². The number of hydrogen-bond acceptors (Lipinski definition) is 3. The summed E-state index contributed by atoms with van der Waals surface area (Å²) in [6.07, 6.45) is 1.99. The highest BCUT2D eigenvalue weighted by atomic mass is 32.2. The molecule has 1 atom stereocenters. The lowest BCUT2D eigenvalue weighted by Gasteiger charge is -2.23. The zero-order chi connectivity index (χ0) is 23.3. The zero-order valence-corrected chi connectivity index (χ0v) is 19.8. The highest BCUT2D eigenvalue weighted by Gasteiger charge is 2.19. The maximum Gasteiger partial charge on any atom is 0.251 e. The molecule has 0 aromatic heterocycles. The van der Waals surface area contributed by atoms with E-state index in [1.807, 2.05) is 63.2 Å². The Hall–Kier alpha value is -3.12. The molecule has 1 amide bonds. The van der Waals surface area contributed by atoms with Crippen molar-refractivity contribution in [3.63, 3.8) is 0 Å². The van der Waals surface area contributed by atoms with Gasteiger partial charge in [-0.25, -0.2) is 8.42 Å². The maximum absolute atomic E-state index is 12.8. The van der Waals surface area contributed by atoms with Gasteiger partial charge in [0.15, 0.2) is 0 Å². The molecule has 0 aliphatic heterocycles. The van der Waals surface area contributed by atoms with Crippen LogP contribution in [0.3, 0.4) is 0 Å². The smallest absolute Gasteiger partial charge is 0.251 e. The molecule has 0 spiro atoms. The summed E-state index contributed by atoms with van der Waals surface area (Å²) in [5.41, 5.74) is 5.21. The third kappa shape index (κ3) is 5.98. The van der Waals surface area contributed by atoms with Crippen LogP contribution in [0.5, 0.6) is 0 Å². The standard InChI is InChI=1S/C26H30N2O3S/c1-5-25(22-13-9-19(2)10-14-22)27-26(29)23-15-11-21(12-16-23)18-28(32(4,30)31)24-8-6-7-20(3)17-24/h6-17,25H,5,18H2,1-4H3,(H,27,29). The lowest BCUT2D eigenvalue weighted by molar-refractivity contribution is 0.0935. The lowest BCUT2D eigenvalue weighted by atomic mass is 10.0. The van der Waals surface area contributed by atoms with E-state index in [9.17, 15) is 13.2 Å². The minimum absolute atomic E-state index is 0.0650. The van der Waals surface area contributed by atoms with Gasteiger partial charge < -0.3 is 5.32 Å². The number of hydrogen-bond donors (Lipinski definition) is 1. The van der Waals surface area contributed by atoms with Crippen molar-refractivity contribution in [2.75, 3.05) is 10.6 Å². The number of anilines is 1. The van der Waals surface area contributed by atoms with Gasteiger partial charge >= 0.3 is 0 Å². The van der Waals surface area contributed by atoms with Crippen molar-refractivity contribution < 1.29 is 13.2 Å². The Balaban J connectivity index is 1.74. The number of sulfonamides is 1. The van der Waals surface area contributed by atoms with Crippen molar-refractivity contribution >= 4 is 21.6 Å². The molecule has 0 fully saturated rings. The highest BCUT2D eigenvalue weighted by molar-refractivity contribution is 7.92. The van der Waals surface area contributed by atoms with E-state index in [0.29, 0.717) is 11.3 Å². The van der Waals surface area contributed by atoms with Crippen molar-refractivity contribution in [1.82, 2.24) is 5.32 Å². The monoisotopic (exact) mass is 450 g/mol. The Morgan fingerprint density at radius 1 is 0.938 bits per heavy atom. The number of amides is 1. The fraction of sp³-hybridized carbons (Fsp3) is 0.269. The minimum atomic E-state index is -3.46. The topological polar surface area (TPSA) is 66.5 Å². The summed E-state index contributed by atoms with van der Waals surface area (Å²) in [6.45, 7) is 6.20. The van der Waals surface area contributed by atoms with E-state index < -0.39 is 10.0 Å². The van der Waals surface area contributed by atoms with E-state index in [4.69, 9.17) is 0 Å². The van der Waals surface area contributed by atoms with Gasteiger partial charge in [-0.3, -0.25) is 9.10 Å². The normalized spacial score (nSPS) is 12.2. The number of aryl methyl sites for hydroxylation is 2. The second kappa shape index (κ2) is 10.0. The van der Waals surface area contributed by atoms with Gasteiger partial charge in [-0.15, -0.1) is 0 Å². The molecule has 6 heteroatoms. The number of rotatable bonds is 8. The van der Waals surface area contributed by atoms with Gasteiger partial charge in [0.2, 0.25) is 10.0 Å². The lowest BCUT2D eigenvalue weighted by Crippen LogP contribution is -2.29. The van der Waals surface area contributed by atoms with Crippen LogP contribution in [-0.2, 0) is 16.6 Å². The highest BCUT2D eigenvalue weighted by Crippen LogP contribution is 2.22. The van der Waals surface area contributed by atoms with E-state index in [1.54, 1.807) is 30.3 Å². The first-order chi connectivity index (χ1) is 15.2.